The highest BCUT2D eigenvalue weighted by atomic mass is 16.3. The van der Waals surface area contributed by atoms with Crippen LogP contribution in [0.4, 0.5) is 5.69 Å². The topological polar surface area (TPSA) is 52.6 Å². The van der Waals surface area contributed by atoms with Gasteiger partial charge < -0.3 is 15.3 Å². The number of nitrogens with one attached hydrogen (secondary N) is 1. The standard InChI is InChI=1S/C15H20N2O2/c18-10-11-4-3-9-17(11)15(19)13-5-1-7-14-12(13)6-2-8-16-14/h1,5,7,11,16,18H,2-4,6,8-10H2/t11-/m1/s1. The van der Waals surface area contributed by atoms with Gasteiger partial charge in [-0.3, -0.25) is 4.79 Å². The van der Waals surface area contributed by atoms with E-state index in [1.807, 2.05) is 23.1 Å². The van der Waals surface area contributed by atoms with Gasteiger partial charge in [0.2, 0.25) is 0 Å². The van der Waals surface area contributed by atoms with Gasteiger partial charge in [0, 0.05) is 24.3 Å². The number of rotatable bonds is 2. The number of hydrogen-bond donors (Lipinski definition) is 2. The summed E-state index contributed by atoms with van der Waals surface area (Å²) in [6.07, 6.45) is 3.93. The fraction of sp³-hybridized carbons (Fsp3) is 0.533. The Hall–Kier alpha value is -1.55. The van der Waals surface area contributed by atoms with Crippen molar-refractivity contribution in [3.8, 4) is 0 Å². The molecule has 2 aliphatic rings. The van der Waals surface area contributed by atoms with Crippen LogP contribution in [0.5, 0.6) is 0 Å². The Bertz CT molecular complexity index is 487. The van der Waals surface area contributed by atoms with Crippen LogP contribution in [0.15, 0.2) is 18.2 Å². The molecule has 1 aromatic carbocycles. The van der Waals surface area contributed by atoms with Crippen molar-refractivity contribution >= 4 is 11.6 Å². The summed E-state index contributed by atoms with van der Waals surface area (Å²) in [5.41, 5.74) is 3.05. The van der Waals surface area contributed by atoms with Crippen molar-refractivity contribution in [3.63, 3.8) is 0 Å². The van der Waals surface area contributed by atoms with E-state index in [0.29, 0.717) is 0 Å². The zero-order valence-corrected chi connectivity index (χ0v) is 11.1. The smallest absolute Gasteiger partial charge is 0.254 e. The van der Waals surface area contributed by atoms with E-state index in [1.54, 1.807) is 0 Å². The molecule has 1 saturated heterocycles. The Morgan fingerprint density at radius 3 is 3.16 bits per heavy atom. The lowest BCUT2D eigenvalue weighted by atomic mass is 9.96. The molecule has 2 heterocycles. The molecule has 0 radical (unpaired) electrons. The predicted molar refractivity (Wildman–Crippen MR) is 74.4 cm³/mol. The summed E-state index contributed by atoms with van der Waals surface area (Å²) in [7, 11) is 0. The Morgan fingerprint density at radius 1 is 1.42 bits per heavy atom. The van der Waals surface area contributed by atoms with Crippen molar-refractivity contribution in [2.45, 2.75) is 31.7 Å². The van der Waals surface area contributed by atoms with Gasteiger partial charge >= 0.3 is 0 Å². The summed E-state index contributed by atoms with van der Waals surface area (Å²) >= 11 is 0. The molecule has 1 amide bonds. The summed E-state index contributed by atoms with van der Waals surface area (Å²) in [5.74, 6) is 0.0806. The number of carbonyl (C=O) groups excluding carboxylic acids is 1. The molecule has 4 heteroatoms. The lowest BCUT2D eigenvalue weighted by Gasteiger charge is -2.26. The molecule has 0 aliphatic carbocycles. The van der Waals surface area contributed by atoms with Gasteiger partial charge in [-0.25, -0.2) is 0 Å². The molecule has 102 valence electrons. The zero-order valence-electron chi connectivity index (χ0n) is 11.1. The minimum atomic E-state index is -0.0000872. The number of fused-ring (bicyclic) bond motifs is 1. The van der Waals surface area contributed by atoms with Crippen LogP contribution in [0.1, 0.15) is 35.2 Å². The number of nitrogens with zero attached hydrogens (tertiary/aromatic N) is 1. The molecule has 4 nitrogen and oxygen atoms in total. The number of benzene rings is 1. The second kappa shape index (κ2) is 5.21. The third-order valence-electron chi connectivity index (χ3n) is 4.17. The minimum Gasteiger partial charge on any atom is -0.394 e. The van der Waals surface area contributed by atoms with Crippen LogP contribution < -0.4 is 5.32 Å². The van der Waals surface area contributed by atoms with Gasteiger partial charge in [0.05, 0.1) is 12.6 Å². The van der Waals surface area contributed by atoms with Crippen molar-refractivity contribution in [1.29, 1.82) is 0 Å². The fourth-order valence-electron chi connectivity index (χ4n) is 3.16. The number of carbonyl (C=O) groups is 1. The van der Waals surface area contributed by atoms with Crippen LogP contribution in [-0.2, 0) is 6.42 Å². The lowest BCUT2D eigenvalue weighted by molar-refractivity contribution is 0.0676. The average molecular weight is 260 g/mol. The number of aliphatic hydroxyl groups is 1. The first kappa shape index (κ1) is 12.5. The summed E-state index contributed by atoms with van der Waals surface area (Å²) in [6.45, 7) is 1.81. The third-order valence-corrected chi connectivity index (χ3v) is 4.17. The van der Waals surface area contributed by atoms with Crippen LogP contribution in [0.2, 0.25) is 0 Å². The Balaban J connectivity index is 1.91. The van der Waals surface area contributed by atoms with Crippen molar-refractivity contribution in [2.75, 3.05) is 25.0 Å². The first-order chi connectivity index (χ1) is 9.31. The molecule has 0 spiro atoms. The zero-order chi connectivity index (χ0) is 13.2. The van der Waals surface area contributed by atoms with E-state index < -0.39 is 0 Å². The van der Waals surface area contributed by atoms with Gasteiger partial charge in [-0.1, -0.05) is 6.07 Å². The highest BCUT2D eigenvalue weighted by Gasteiger charge is 2.30. The second-order valence-corrected chi connectivity index (χ2v) is 5.34. The molecular weight excluding hydrogens is 240 g/mol. The Labute approximate surface area is 113 Å². The van der Waals surface area contributed by atoms with Crippen LogP contribution in [-0.4, -0.2) is 41.7 Å². The second-order valence-electron chi connectivity index (χ2n) is 5.34. The summed E-state index contributed by atoms with van der Waals surface area (Å²) in [4.78, 5) is 14.5. The van der Waals surface area contributed by atoms with E-state index in [9.17, 15) is 9.90 Å². The van der Waals surface area contributed by atoms with Gasteiger partial charge in [0.15, 0.2) is 0 Å². The molecular formula is C15H20N2O2. The molecule has 0 bridgehead atoms. The monoisotopic (exact) mass is 260 g/mol. The van der Waals surface area contributed by atoms with Gasteiger partial charge in [-0.15, -0.1) is 0 Å². The van der Waals surface area contributed by atoms with Crippen molar-refractivity contribution in [3.05, 3.63) is 29.3 Å². The van der Waals surface area contributed by atoms with Gasteiger partial charge in [-0.05, 0) is 43.4 Å². The van der Waals surface area contributed by atoms with E-state index in [2.05, 4.69) is 5.32 Å². The molecule has 0 saturated carbocycles. The Morgan fingerprint density at radius 2 is 2.32 bits per heavy atom. The van der Waals surface area contributed by atoms with E-state index >= 15 is 0 Å². The van der Waals surface area contributed by atoms with E-state index in [1.165, 1.54) is 0 Å². The molecule has 2 N–H and O–H groups in total. The molecule has 19 heavy (non-hydrogen) atoms. The largest absolute Gasteiger partial charge is 0.394 e. The van der Waals surface area contributed by atoms with Crippen LogP contribution >= 0.6 is 0 Å². The molecule has 1 fully saturated rings. The maximum atomic E-state index is 12.7. The molecule has 3 rings (SSSR count). The molecule has 1 aromatic rings. The third kappa shape index (κ3) is 2.21. The van der Waals surface area contributed by atoms with Crippen LogP contribution in [0, 0.1) is 0 Å². The number of amides is 1. The van der Waals surface area contributed by atoms with Crippen molar-refractivity contribution in [2.24, 2.45) is 0 Å². The first-order valence-electron chi connectivity index (χ1n) is 7.09. The normalized spacial score (nSPS) is 21.9. The first-order valence-corrected chi connectivity index (χ1v) is 7.09. The molecule has 1 atom stereocenters. The number of hydrogen-bond acceptors (Lipinski definition) is 3. The summed E-state index contributed by atoms with van der Waals surface area (Å²) in [5, 5.41) is 12.7. The fourth-order valence-corrected chi connectivity index (χ4v) is 3.16. The Kier molecular flexibility index (Phi) is 3.42. The molecule has 2 aliphatic heterocycles. The van der Waals surface area contributed by atoms with E-state index in [-0.39, 0.29) is 18.6 Å². The van der Waals surface area contributed by atoms with Gasteiger partial charge in [0.1, 0.15) is 0 Å². The number of anilines is 1. The van der Waals surface area contributed by atoms with Crippen LogP contribution in [0.3, 0.4) is 0 Å². The lowest BCUT2D eigenvalue weighted by Crippen LogP contribution is -2.38. The maximum Gasteiger partial charge on any atom is 0.254 e. The van der Waals surface area contributed by atoms with Crippen LogP contribution in [0.25, 0.3) is 0 Å². The van der Waals surface area contributed by atoms with Crippen molar-refractivity contribution < 1.29 is 9.90 Å². The highest BCUT2D eigenvalue weighted by molar-refractivity contribution is 5.97. The van der Waals surface area contributed by atoms with Gasteiger partial charge in [-0.2, -0.15) is 0 Å². The summed E-state index contributed by atoms with van der Waals surface area (Å²) in [6, 6.07) is 5.90. The predicted octanol–water partition coefficient (Wildman–Crippen LogP) is 1.64. The summed E-state index contributed by atoms with van der Waals surface area (Å²) < 4.78 is 0. The minimum absolute atomic E-state index is 0.0000872. The van der Waals surface area contributed by atoms with Crippen molar-refractivity contribution in [1.82, 2.24) is 4.90 Å². The highest BCUT2D eigenvalue weighted by Crippen LogP contribution is 2.28. The molecule has 0 unspecified atom stereocenters. The quantitative estimate of drug-likeness (QED) is 0.850. The SMILES string of the molecule is O=C(c1cccc2c1CCCN2)N1CCC[C@@H]1CO. The number of aliphatic hydroxyl groups excluding tert-OH is 1. The average Bonchev–Trinajstić information content (AvgIpc) is 2.94. The van der Waals surface area contributed by atoms with E-state index in [4.69, 9.17) is 0 Å². The maximum absolute atomic E-state index is 12.7. The van der Waals surface area contributed by atoms with Gasteiger partial charge in [0.25, 0.3) is 5.91 Å². The number of likely N-dealkylation sites (tertiary alicyclic amines) is 1. The molecule has 0 aromatic heterocycles. The van der Waals surface area contributed by atoms with E-state index in [0.717, 1.165) is 55.6 Å².